The monoisotopic (exact) mass is 433 g/mol. The van der Waals surface area contributed by atoms with Crippen LogP contribution in [0.5, 0.6) is 11.8 Å². The minimum absolute atomic E-state index is 0.0425. The molecule has 9 nitrogen and oxygen atoms in total. The Bertz CT molecular complexity index is 876. The summed E-state index contributed by atoms with van der Waals surface area (Å²) in [6, 6.07) is 2.12. The highest BCUT2D eigenvalue weighted by molar-refractivity contribution is 7.15. The van der Waals surface area contributed by atoms with Gasteiger partial charge in [0.2, 0.25) is 17.7 Å². The number of nitrogens with one attached hydrogen (secondary N) is 1. The summed E-state index contributed by atoms with van der Waals surface area (Å²) in [5.74, 6) is 0.935. The fourth-order valence-electron chi connectivity index (χ4n) is 3.76. The molecule has 0 spiro atoms. The quantitative estimate of drug-likeness (QED) is 0.678. The summed E-state index contributed by atoms with van der Waals surface area (Å²) in [5, 5.41) is 3.36. The molecule has 0 bridgehead atoms. The zero-order chi connectivity index (χ0) is 21.1. The van der Waals surface area contributed by atoms with E-state index in [1.807, 2.05) is 6.20 Å². The molecular formula is C20H27N5O4S. The summed E-state index contributed by atoms with van der Waals surface area (Å²) in [4.78, 5) is 27.3. The van der Waals surface area contributed by atoms with Crippen LogP contribution in [0.15, 0.2) is 18.6 Å². The van der Waals surface area contributed by atoms with Crippen molar-refractivity contribution in [2.45, 2.75) is 64.0 Å². The van der Waals surface area contributed by atoms with Gasteiger partial charge in [0.05, 0.1) is 12.2 Å². The molecule has 4 rings (SSSR count). The molecule has 2 unspecified atom stereocenters. The Morgan fingerprint density at radius 3 is 2.70 bits per heavy atom. The maximum Gasteiger partial charge on any atom is 0.223 e. The number of nitrogens with zero attached hydrogens (tertiary/aromatic N) is 4. The first kappa shape index (κ1) is 21.0. The number of hydrogen-bond donors (Lipinski definition) is 1. The van der Waals surface area contributed by atoms with E-state index in [9.17, 15) is 4.79 Å². The molecule has 4 atom stereocenters. The number of carbonyl (C=O) groups is 1. The molecule has 1 N–H and O–H groups in total. The number of anilines is 1. The van der Waals surface area contributed by atoms with Crippen LogP contribution in [0.2, 0.25) is 0 Å². The van der Waals surface area contributed by atoms with Crippen molar-refractivity contribution < 1.29 is 19.0 Å². The number of ether oxygens (including phenoxy) is 3. The van der Waals surface area contributed by atoms with Crippen LogP contribution < -0.4 is 14.8 Å². The number of hydrogen-bond acceptors (Lipinski definition) is 9. The first-order valence-corrected chi connectivity index (χ1v) is 11.0. The lowest BCUT2D eigenvalue weighted by Gasteiger charge is -2.34. The first-order valence-electron chi connectivity index (χ1n) is 10.1. The molecule has 0 aromatic carbocycles. The standard InChI is InChI=1S/C20H27N5O4S/c1-12-6-14(9-25(12)10-15-8-21-20(30-15)24-13(2)26)28-18-7-19(23-11-22-18)29-17-5-4-16(17)27-3/h7-8,11-12,14,16-17H,4-6,9-10H2,1-3H3,(H,21,24,26)/t12-,14+,16?,17?/m0/s1. The smallest absolute Gasteiger partial charge is 0.223 e. The van der Waals surface area contributed by atoms with Gasteiger partial charge in [0.25, 0.3) is 0 Å². The number of thiazole rings is 1. The van der Waals surface area contributed by atoms with Gasteiger partial charge in [-0.25, -0.2) is 15.0 Å². The molecule has 1 amide bonds. The second-order valence-corrected chi connectivity index (χ2v) is 8.88. The Hall–Kier alpha value is -2.30. The van der Waals surface area contributed by atoms with E-state index >= 15 is 0 Å². The van der Waals surface area contributed by atoms with E-state index in [4.69, 9.17) is 14.2 Å². The lowest BCUT2D eigenvalue weighted by Crippen LogP contribution is -2.42. The van der Waals surface area contributed by atoms with Gasteiger partial charge in [-0.1, -0.05) is 0 Å². The molecule has 2 aliphatic rings. The normalized spacial score (nSPS) is 26.2. The van der Waals surface area contributed by atoms with Gasteiger partial charge in [0, 0.05) is 50.7 Å². The summed E-state index contributed by atoms with van der Waals surface area (Å²) in [6.45, 7) is 5.24. The third-order valence-electron chi connectivity index (χ3n) is 5.49. The molecule has 10 heteroatoms. The summed E-state index contributed by atoms with van der Waals surface area (Å²) in [6.07, 6.45) is 6.40. The van der Waals surface area contributed by atoms with Crippen LogP contribution in [0.3, 0.4) is 0 Å². The van der Waals surface area contributed by atoms with Crippen molar-refractivity contribution in [1.82, 2.24) is 19.9 Å². The lowest BCUT2D eigenvalue weighted by molar-refractivity contribution is -0.114. The molecule has 3 heterocycles. The van der Waals surface area contributed by atoms with Crippen LogP contribution in [0.25, 0.3) is 0 Å². The van der Waals surface area contributed by atoms with Gasteiger partial charge in [-0.2, -0.15) is 0 Å². The summed E-state index contributed by atoms with van der Waals surface area (Å²) in [7, 11) is 1.70. The molecule has 1 saturated heterocycles. The molecule has 162 valence electrons. The summed E-state index contributed by atoms with van der Waals surface area (Å²) in [5.41, 5.74) is 0. The van der Waals surface area contributed by atoms with E-state index in [2.05, 4.69) is 32.1 Å². The zero-order valence-corrected chi connectivity index (χ0v) is 18.2. The minimum atomic E-state index is -0.109. The molecular weight excluding hydrogens is 406 g/mol. The van der Waals surface area contributed by atoms with Crippen molar-refractivity contribution in [2.75, 3.05) is 19.0 Å². The van der Waals surface area contributed by atoms with Crippen molar-refractivity contribution in [3.63, 3.8) is 0 Å². The molecule has 1 saturated carbocycles. The van der Waals surface area contributed by atoms with E-state index in [-0.39, 0.29) is 24.2 Å². The van der Waals surface area contributed by atoms with Crippen LogP contribution in [0, 0.1) is 0 Å². The molecule has 1 aliphatic carbocycles. The largest absolute Gasteiger partial charge is 0.473 e. The predicted molar refractivity (Wildman–Crippen MR) is 112 cm³/mol. The number of rotatable bonds is 8. The second-order valence-electron chi connectivity index (χ2n) is 7.77. The van der Waals surface area contributed by atoms with Gasteiger partial charge in [-0.3, -0.25) is 9.69 Å². The van der Waals surface area contributed by atoms with Crippen molar-refractivity contribution in [3.8, 4) is 11.8 Å². The van der Waals surface area contributed by atoms with Crippen LogP contribution in [0.1, 0.15) is 38.0 Å². The van der Waals surface area contributed by atoms with Gasteiger partial charge >= 0.3 is 0 Å². The molecule has 2 fully saturated rings. The molecule has 2 aromatic rings. The van der Waals surface area contributed by atoms with E-state index < -0.39 is 0 Å². The van der Waals surface area contributed by atoms with Gasteiger partial charge < -0.3 is 19.5 Å². The molecule has 2 aromatic heterocycles. The van der Waals surface area contributed by atoms with E-state index in [1.165, 1.54) is 24.6 Å². The van der Waals surface area contributed by atoms with Crippen molar-refractivity contribution >= 4 is 22.4 Å². The number of carbonyl (C=O) groups excluding carboxylic acids is 1. The van der Waals surface area contributed by atoms with Crippen LogP contribution in [-0.4, -0.2) is 63.8 Å². The molecule has 1 aliphatic heterocycles. The average Bonchev–Trinajstić information content (AvgIpc) is 3.25. The Balaban J connectivity index is 1.31. The van der Waals surface area contributed by atoms with Crippen LogP contribution in [-0.2, 0) is 16.1 Å². The Labute approximate surface area is 179 Å². The highest BCUT2D eigenvalue weighted by atomic mass is 32.1. The van der Waals surface area contributed by atoms with Crippen molar-refractivity contribution in [1.29, 1.82) is 0 Å². The predicted octanol–water partition coefficient (Wildman–Crippen LogP) is 2.49. The van der Waals surface area contributed by atoms with Gasteiger partial charge in [-0.05, 0) is 19.8 Å². The highest BCUT2D eigenvalue weighted by Gasteiger charge is 2.34. The third kappa shape index (κ3) is 5.05. The molecule has 30 heavy (non-hydrogen) atoms. The topological polar surface area (TPSA) is 98.7 Å². The van der Waals surface area contributed by atoms with E-state index in [0.29, 0.717) is 22.9 Å². The Morgan fingerprint density at radius 2 is 2.00 bits per heavy atom. The minimum Gasteiger partial charge on any atom is -0.473 e. The maximum atomic E-state index is 11.2. The van der Waals surface area contributed by atoms with Gasteiger partial charge in [0.1, 0.15) is 18.5 Å². The SMILES string of the molecule is COC1CCC1Oc1cc(O[C@@H]2C[C@H](C)N(Cc3cnc(NC(C)=O)s3)C2)ncn1. The number of likely N-dealkylation sites (tertiary alicyclic amines) is 1. The number of methoxy groups -OCH3 is 1. The first-order chi connectivity index (χ1) is 14.5. The second kappa shape index (κ2) is 9.23. The maximum absolute atomic E-state index is 11.2. The van der Waals surface area contributed by atoms with Crippen LogP contribution >= 0.6 is 11.3 Å². The van der Waals surface area contributed by atoms with Crippen LogP contribution in [0.4, 0.5) is 5.13 Å². The van der Waals surface area contributed by atoms with Crippen molar-refractivity contribution in [2.24, 2.45) is 0 Å². The highest BCUT2D eigenvalue weighted by Crippen LogP contribution is 2.29. The van der Waals surface area contributed by atoms with Gasteiger partial charge in [0.15, 0.2) is 5.13 Å². The summed E-state index contributed by atoms with van der Waals surface area (Å²) >= 11 is 1.50. The molecule has 0 radical (unpaired) electrons. The van der Waals surface area contributed by atoms with Gasteiger partial charge in [-0.15, -0.1) is 11.3 Å². The number of aromatic nitrogens is 3. The average molecular weight is 434 g/mol. The number of amides is 1. The summed E-state index contributed by atoms with van der Waals surface area (Å²) < 4.78 is 17.4. The van der Waals surface area contributed by atoms with E-state index in [0.717, 1.165) is 37.2 Å². The van der Waals surface area contributed by atoms with Crippen molar-refractivity contribution in [3.05, 3.63) is 23.5 Å². The Morgan fingerprint density at radius 1 is 1.23 bits per heavy atom. The fourth-order valence-corrected chi connectivity index (χ4v) is 4.65. The zero-order valence-electron chi connectivity index (χ0n) is 17.4. The third-order valence-corrected chi connectivity index (χ3v) is 6.39. The fraction of sp³-hybridized carbons (Fsp3) is 0.600. The lowest BCUT2D eigenvalue weighted by atomic mass is 9.92. The van der Waals surface area contributed by atoms with E-state index in [1.54, 1.807) is 13.2 Å². The Kier molecular flexibility index (Phi) is 6.45.